The maximum atomic E-state index is 5.73. The Morgan fingerprint density at radius 2 is 2.00 bits per heavy atom. The van der Waals surface area contributed by atoms with Gasteiger partial charge in [-0.2, -0.15) is 0 Å². The highest BCUT2D eigenvalue weighted by molar-refractivity contribution is 5.40. The van der Waals surface area contributed by atoms with Gasteiger partial charge in [-0.3, -0.25) is 0 Å². The van der Waals surface area contributed by atoms with E-state index in [2.05, 4.69) is 39.8 Å². The van der Waals surface area contributed by atoms with Crippen molar-refractivity contribution in [1.82, 2.24) is 5.16 Å². The van der Waals surface area contributed by atoms with E-state index in [0.29, 0.717) is 11.7 Å². The molecule has 0 aliphatic carbocycles. The van der Waals surface area contributed by atoms with E-state index >= 15 is 0 Å². The van der Waals surface area contributed by atoms with Crippen molar-refractivity contribution < 1.29 is 4.52 Å². The minimum Gasteiger partial charge on any atom is -0.381 e. The topological polar surface area (TPSA) is 52.0 Å². The third-order valence-corrected chi connectivity index (χ3v) is 3.22. The zero-order chi connectivity index (χ0) is 11.6. The summed E-state index contributed by atoms with van der Waals surface area (Å²) in [6.45, 7) is 11.0. The van der Waals surface area contributed by atoms with E-state index in [9.17, 15) is 0 Å². The minimum atomic E-state index is 0.284. The van der Waals surface area contributed by atoms with Crippen LogP contribution >= 0.6 is 0 Å². The van der Waals surface area contributed by atoms with Gasteiger partial charge in [0.2, 0.25) is 0 Å². The molecule has 0 saturated heterocycles. The SMILES string of the molecule is CCc1c(N)noc1CC(C)C(C)(C)C. The Morgan fingerprint density at radius 3 is 2.47 bits per heavy atom. The predicted octanol–water partition coefficient (Wildman–Crippen LogP) is 3.04. The van der Waals surface area contributed by atoms with Gasteiger partial charge in [-0.05, 0) is 17.8 Å². The number of aromatic nitrogens is 1. The third kappa shape index (κ3) is 2.74. The van der Waals surface area contributed by atoms with Gasteiger partial charge in [0.15, 0.2) is 5.82 Å². The number of hydrogen-bond donors (Lipinski definition) is 1. The standard InChI is InChI=1S/C12H22N2O/c1-6-9-10(15-14-11(9)13)7-8(2)12(3,4)5/h8H,6-7H2,1-5H3,(H2,13,14). The molecule has 0 fully saturated rings. The van der Waals surface area contributed by atoms with E-state index in [4.69, 9.17) is 10.3 Å². The zero-order valence-electron chi connectivity index (χ0n) is 10.4. The van der Waals surface area contributed by atoms with Crippen LogP contribution in [0.5, 0.6) is 0 Å². The van der Waals surface area contributed by atoms with Crippen molar-refractivity contribution in [2.75, 3.05) is 5.73 Å². The summed E-state index contributed by atoms with van der Waals surface area (Å²) in [4.78, 5) is 0. The van der Waals surface area contributed by atoms with E-state index in [1.54, 1.807) is 0 Å². The fourth-order valence-electron chi connectivity index (χ4n) is 1.48. The Balaban J connectivity index is 2.81. The van der Waals surface area contributed by atoms with Crippen molar-refractivity contribution in [1.29, 1.82) is 0 Å². The van der Waals surface area contributed by atoms with Crippen LogP contribution in [-0.4, -0.2) is 5.16 Å². The lowest BCUT2D eigenvalue weighted by Crippen LogP contribution is -2.19. The summed E-state index contributed by atoms with van der Waals surface area (Å²) in [5, 5.41) is 3.83. The molecule has 0 amide bonds. The Hall–Kier alpha value is -0.990. The first-order chi connectivity index (χ1) is 6.86. The van der Waals surface area contributed by atoms with Gasteiger partial charge in [0, 0.05) is 12.0 Å². The lowest BCUT2D eigenvalue weighted by molar-refractivity contribution is 0.239. The minimum absolute atomic E-state index is 0.284. The van der Waals surface area contributed by atoms with Crippen LogP contribution in [0, 0.1) is 11.3 Å². The first-order valence-electron chi connectivity index (χ1n) is 5.59. The highest BCUT2D eigenvalue weighted by Gasteiger charge is 2.23. The van der Waals surface area contributed by atoms with Crippen LogP contribution < -0.4 is 5.73 Å². The van der Waals surface area contributed by atoms with Crippen molar-refractivity contribution in [3.63, 3.8) is 0 Å². The van der Waals surface area contributed by atoms with Gasteiger partial charge in [-0.25, -0.2) is 0 Å². The van der Waals surface area contributed by atoms with Crippen LogP contribution in [0.25, 0.3) is 0 Å². The van der Waals surface area contributed by atoms with Crippen LogP contribution in [-0.2, 0) is 12.8 Å². The van der Waals surface area contributed by atoms with Crippen molar-refractivity contribution in [3.05, 3.63) is 11.3 Å². The second kappa shape index (κ2) is 4.25. The monoisotopic (exact) mass is 210 g/mol. The molecule has 0 aromatic carbocycles. The molecule has 1 aromatic heterocycles. The summed E-state index contributed by atoms with van der Waals surface area (Å²) < 4.78 is 5.28. The Bertz CT molecular complexity index is 323. The molecular formula is C12H22N2O. The molecule has 1 rings (SSSR count). The Morgan fingerprint density at radius 1 is 1.40 bits per heavy atom. The molecule has 1 unspecified atom stereocenters. The molecule has 1 aromatic rings. The third-order valence-electron chi connectivity index (χ3n) is 3.22. The normalized spacial score (nSPS) is 14.2. The summed E-state index contributed by atoms with van der Waals surface area (Å²) >= 11 is 0. The smallest absolute Gasteiger partial charge is 0.170 e. The molecule has 86 valence electrons. The highest BCUT2D eigenvalue weighted by Crippen LogP contribution is 2.30. The molecule has 0 bridgehead atoms. The van der Waals surface area contributed by atoms with E-state index in [0.717, 1.165) is 24.2 Å². The summed E-state index contributed by atoms with van der Waals surface area (Å²) in [5.74, 6) is 2.06. The fraction of sp³-hybridized carbons (Fsp3) is 0.750. The van der Waals surface area contributed by atoms with Gasteiger partial charge < -0.3 is 10.3 Å². The van der Waals surface area contributed by atoms with Gasteiger partial charge in [0.25, 0.3) is 0 Å². The Labute approximate surface area is 92.0 Å². The largest absolute Gasteiger partial charge is 0.381 e. The average Bonchev–Trinajstić information content (AvgIpc) is 2.45. The predicted molar refractivity (Wildman–Crippen MR) is 62.6 cm³/mol. The first-order valence-corrected chi connectivity index (χ1v) is 5.59. The second-order valence-electron chi connectivity index (χ2n) is 5.29. The molecule has 1 atom stereocenters. The molecule has 0 saturated carbocycles. The van der Waals surface area contributed by atoms with Gasteiger partial charge in [-0.15, -0.1) is 0 Å². The molecule has 0 aliphatic heterocycles. The molecular weight excluding hydrogens is 188 g/mol. The maximum absolute atomic E-state index is 5.73. The van der Waals surface area contributed by atoms with E-state index in [1.165, 1.54) is 0 Å². The lowest BCUT2D eigenvalue weighted by Gasteiger charge is -2.26. The number of rotatable bonds is 3. The van der Waals surface area contributed by atoms with E-state index in [1.807, 2.05) is 0 Å². The number of nitrogens with zero attached hydrogens (tertiary/aromatic N) is 1. The zero-order valence-corrected chi connectivity index (χ0v) is 10.4. The second-order valence-corrected chi connectivity index (χ2v) is 5.29. The summed E-state index contributed by atoms with van der Waals surface area (Å²) in [6, 6.07) is 0. The number of nitrogen functional groups attached to an aromatic ring is 1. The number of hydrogen-bond acceptors (Lipinski definition) is 3. The fourth-order valence-corrected chi connectivity index (χ4v) is 1.48. The Kier molecular flexibility index (Phi) is 3.42. The van der Waals surface area contributed by atoms with Crippen LogP contribution in [0.2, 0.25) is 0 Å². The molecule has 3 heteroatoms. The van der Waals surface area contributed by atoms with Crippen molar-refractivity contribution in [2.24, 2.45) is 11.3 Å². The van der Waals surface area contributed by atoms with Gasteiger partial charge in [0.1, 0.15) is 5.76 Å². The van der Waals surface area contributed by atoms with E-state index < -0.39 is 0 Å². The molecule has 15 heavy (non-hydrogen) atoms. The summed E-state index contributed by atoms with van der Waals surface area (Å²) in [6.07, 6.45) is 1.80. The van der Waals surface area contributed by atoms with Gasteiger partial charge in [-0.1, -0.05) is 39.8 Å². The quantitative estimate of drug-likeness (QED) is 0.834. The van der Waals surface area contributed by atoms with Crippen LogP contribution in [0.1, 0.15) is 45.9 Å². The van der Waals surface area contributed by atoms with Crippen LogP contribution in [0.15, 0.2) is 4.52 Å². The van der Waals surface area contributed by atoms with Gasteiger partial charge >= 0.3 is 0 Å². The molecule has 1 heterocycles. The van der Waals surface area contributed by atoms with Crippen LogP contribution in [0.3, 0.4) is 0 Å². The average molecular weight is 210 g/mol. The number of nitrogens with two attached hydrogens (primary N) is 1. The van der Waals surface area contributed by atoms with Gasteiger partial charge in [0.05, 0.1) is 0 Å². The molecule has 0 radical (unpaired) electrons. The molecule has 0 spiro atoms. The molecule has 3 nitrogen and oxygen atoms in total. The van der Waals surface area contributed by atoms with Crippen molar-refractivity contribution in [3.8, 4) is 0 Å². The van der Waals surface area contributed by atoms with Crippen LogP contribution in [0.4, 0.5) is 5.82 Å². The van der Waals surface area contributed by atoms with E-state index in [-0.39, 0.29) is 5.41 Å². The highest BCUT2D eigenvalue weighted by atomic mass is 16.5. The van der Waals surface area contributed by atoms with Crippen molar-refractivity contribution >= 4 is 5.82 Å². The van der Waals surface area contributed by atoms with Crippen molar-refractivity contribution in [2.45, 2.75) is 47.5 Å². The number of anilines is 1. The lowest BCUT2D eigenvalue weighted by atomic mass is 9.79. The molecule has 2 N–H and O–H groups in total. The maximum Gasteiger partial charge on any atom is 0.170 e. The molecule has 0 aliphatic rings. The summed E-state index contributed by atoms with van der Waals surface area (Å²) in [7, 11) is 0. The first kappa shape index (κ1) is 12.1. The summed E-state index contributed by atoms with van der Waals surface area (Å²) in [5.41, 5.74) is 7.09.